The first-order chi connectivity index (χ1) is 9.71. The first-order valence-electron chi connectivity index (χ1n) is 7.03. The highest BCUT2D eigenvalue weighted by atomic mass is 16.5. The molecule has 1 aliphatic rings. The van der Waals surface area contributed by atoms with Crippen molar-refractivity contribution in [3.8, 4) is 11.5 Å². The molecule has 2 rings (SSSR count). The molecule has 4 heteroatoms. The van der Waals surface area contributed by atoms with Crippen LogP contribution in [-0.4, -0.2) is 36.5 Å². The summed E-state index contributed by atoms with van der Waals surface area (Å²) in [5.41, 5.74) is 0.865. The molecule has 110 valence electrons. The smallest absolute Gasteiger partial charge is 0.122 e. The van der Waals surface area contributed by atoms with Crippen LogP contribution in [0.5, 0.6) is 11.5 Å². The van der Waals surface area contributed by atoms with Crippen LogP contribution in [0.25, 0.3) is 0 Å². The zero-order valence-electron chi connectivity index (χ0n) is 11.9. The fraction of sp³-hybridized carbons (Fsp3) is 0.500. The van der Waals surface area contributed by atoms with E-state index >= 15 is 0 Å². The van der Waals surface area contributed by atoms with Crippen molar-refractivity contribution in [2.24, 2.45) is 5.92 Å². The Hall–Kier alpha value is -1.52. The molecule has 0 aromatic heterocycles. The quantitative estimate of drug-likeness (QED) is 0.721. The molecular formula is C16H23NO3. The molecule has 1 saturated heterocycles. The molecule has 0 bridgehead atoms. The molecule has 0 saturated carbocycles. The number of phenolic OH excluding ortho intramolecular Hbond substituents is 1. The van der Waals surface area contributed by atoms with Crippen molar-refractivity contribution in [1.29, 1.82) is 0 Å². The Labute approximate surface area is 120 Å². The summed E-state index contributed by atoms with van der Waals surface area (Å²) in [6, 6.07) is 5.56. The summed E-state index contributed by atoms with van der Waals surface area (Å²) in [5.74, 6) is 1.10. The zero-order valence-corrected chi connectivity index (χ0v) is 11.9. The summed E-state index contributed by atoms with van der Waals surface area (Å²) >= 11 is 0. The van der Waals surface area contributed by atoms with Crippen LogP contribution in [0.3, 0.4) is 0 Å². The molecule has 0 aliphatic carbocycles. The fourth-order valence-corrected chi connectivity index (χ4v) is 3.11. The van der Waals surface area contributed by atoms with Gasteiger partial charge in [-0.3, -0.25) is 0 Å². The van der Waals surface area contributed by atoms with Gasteiger partial charge in [0.25, 0.3) is 0 Å². The summed E-state index contributed by atoms with van der Waals surface area (Å²) in [6.07, 6.45) is 3.60. The van der Waals surface area contributed by atoms with Crippen molar-refractivity contribution in [2.45, 2.75) is 24.8 Å². The molecule has 20 heavy (non-hydrogen) atoms. The number of hydrogen-bond donors (Lipinski definition) is 3. The minimum absolute atomic E-state index is 0.0812. The van der Waals surface area contributed by atoms with E-state index in [9.17, 15) is 10.2 Å². The van der Waals surface area contributed by atoms with E-state index in [4.69, 9.17) is 4.74 Å². The topological polar surface area (TPSA) is 61.7 Å². The fourth-order valence-electron chi connectivity index (χ4n) is 3.11. The Morgan fingerprint density at radius 1 is 1.50 bits per heavy atom. The number of phenols is 1. The average molecular weight is 277 g/mol. The number of aliphatic hydroxyl groups is 1. The van der Waals surface area contributed by atoms with E-state index in [1.807, 2.05) is 18.2 Å². The highest BCUT2D eigenvalue weighted by molar-refractivity contribution is 5.43. The highest BCUT2D eigenvalue weighted by Crippen LogP contribution is 2.40. The summed E-state index contributed by atoms with van der Waals surface area (Å²) < 4.78 is 5.12. The van der Waals surface area contributed by atoms with Gasteiger partial charge in [0.15, 0.2) is 0 Å². The van der Waals surface area contributed by atoms with Gasteiger partial charge in [0.05, 0.1) is 7.11 Å². The van der Waals surface area contributed by atoms with Crippen LogP contribution in [0.4, 0.5) is 0 Å². The van der Waals surface area contributed by atoms with E-state index in [0.717, 1.165) is 24.9 Å². The lowest BCUT2D eigenvalue weighted by atomic mass is 9.75. The van der Waals surface area contributed by atoms with Gasteiger partial charge in [-0.1, -0.05) is 12.1 Å². The average Bonchev–Trinajstić information content (AvgIpc) is 2.47. The van der Waals surface area contributed by atoms with Crippen molar-refractivity contribution in [3.05, 3.63) is 36.4 Å². The predicted molar refractivity (Wildman–Crippen MR) is 79.2 cm³/mol. The lowest BCUT2D eigenvalue weighted by Crippen LogP contribution is -2.45. The number of rotatable bonds is 5. The molecule has 1 aromatic carbocycles. The molecule has 1 heterocycles. The molecule has 1 aliphatic heterocycles. The number of aliphatic hydroxyl groups excluding tert-OH is 1. The van der Waals surface area contributed by atoms with Gasteiger partial charge in [-0.25, -0.2) is 0 Å². The molecular weight excluding hydrogens is 254 g/mol. The number of piperidine rings is 1. The second-order valence-electron chi connectivity index (χ2n) is 5.27. The molecule has 1 aromatic rings. The van der Waals surface area contributed by atoms with Crippen LogP contribution in [0.1, 0.15) is 24.3 Å². The van der Waals surface area contributed by atoms with Gasteiger partial charge >= 0.3 is 0 Å². The van der Waals surface area contributed by atoms with E-state index in [-0.39, 0.29) is 30.2 Å². The van der Waals surface area contributed by atoms with Gasteiger partial charge in [0.2, 0.25) is 0 Å². The van der Waals surface area contributed by atoms with Crippen LogP contribution < -0.4 is 10.1 Å². The largest absolute Gasteiger partial charge is 0.508 e. The molecule has 0 amide bonds. The van der Waals surface area contributed by atoms with Crippen LogP contribution in [0.15, 0.2) is 30.9 Å². The third kappa shape index (κ3) is 2.97. The Kier molecular flexibility index (Phi) is 5.04. The number of ether oxygens (including phenoxy) is 1. The molecule has 4 nitrogen and oxygen atoms in total. The van der Waals surface area contributed by atoms with Crippen LogP contribution in [-0.2, 0) is 0 Å². The number of methoxy groups -OCH3 is 1. The Balaban J connectivity index is 2.35. The van der Waals surface area contributed by atoms with Crippen molar-refractivity contribution in [2.75, 3.05) is 20.3 Å². The second kappa shape index (κ2) is 6.77. The minimum Gasteiger partial charge on any atom is -0.508 e. The third-order valence-corrected chi connectivity index (χ3v) is 4.11. The summed E-state index contributed by atoms with van der Waals surface area (Å²) in [4.78, 5) is 0. The van der Waals surface area contributed by atoms with Gasteiger partial charge in [-0.2, -0.15) is 0 Å². The molecule has 0 radical (unpaired) electrons. The molecule has 0 spiro atoms. The summed E-state index contributed by atoms with van der Waals surface area (Å²) in [7, 11) is 1.58. The van der Waals surface area contributed by atoms with Crippen LogP contribution in [0.2, 0.25) is 0 Å². The maximum Gasteiger partial charge on any atom is 0.122 e. The molecule has 3 N–H and O–H groups in total. The number of aromatic hydroxyl groups is 1. The second-order valence-corrected chi connectivity index (χ2v) is 5.27. The normalized spacial score (nSPS) is 26.2. The molecule has 3 unspecified atom stereocenters. The lowest BCUT2D eigenvalue weighted by molar-refractivity contribution is 0.150. The van der Waals surface area contributed by atoms with Gasteiger partial charge in [-0.05, 0) is 36.9 Å². The van der Waals surface area contributed by atoms with E-state index in [1.54, 1.807) is 13.2 Å². The monoisotopic (exact) mass is 277 g/mol. The number of nitrogens with one attached hydrogen (secondary N) is 1. The van der Waals surface area contributed by atoms with E-state index in [0.29, 0.717) is 5.75 Å². The van der Waals surface area contributed by atoms with Crippen LogP contribution in [0, 0.1) is 5.92 Å². The molecule has 3 atom stereocenters. The van der Waals surface area contributed by atoms with E-state index in [1.165, 1.54) is 0 Å². The summed E-state index contributed by atoms with van der Waals surface area (Å²) in [5, 5.41) is 23.4. The zero-order chi connectivity index (χ0) is 14.5. The van der Waals surface area contributed by atoms with Gasteiger partial charge in [0, 0.05) is 24.6 Å². The van der Waals surface area contributed by atoms with Crippen molar-refractivity contribution >= 4 is 0 Å². The Morgan fingerprint density at radius 2 is 2.30 bits per heavy atom. The lowest BCUT2D eigenvalue weighted by Gasteiger charge is -2.38. The minimum atomic E-state index is 0.0812. The van der Waals surface area contributed by atoms with E-state index in [2.05, 4.69) is 11.9 Å². The maximum absolute atomic E-state index is 10.3. The Bertz CT molecular complexity index is 461. The first-order valence-corrected chi connectivity index (χ1v) is 7.03. The third-order valence-electron chi connectivity index (χ3n) is 4.11. The molecule has 1 fully saturated rings. The van der Waals surface area contributed by atoms with Crippen molar-refractivity contribution < 1.29 is 14.9 Å². The first kappa shape index (κ1) is 14.9. The maximum atomic E-state index is 10.3. The van der Waals surface area contributed by atoms with Gasteiger partial charge in [-0.15, -0.1) is 6.58 Å². The number of hydrogen-bond acceptors (Lipinski definition) is 4. The van der Waals surface area contributed by atoms with Crippen molar-refractivity contribution in [1.82, 2.24) is 5.32 Å². The van der Waals surface area contributed by atoms with Gasteiger partial charge in [0.1, 0.15) is 11.5 Å². The van der Waals surface area contributed by atoms with Crippen LogP contribution >= 0.6 is 0 Å². The van der Waals surface area contributed by atoms with Crippen molar-refractivity contribution in [3.63, 3.8) is 0 Å². The SMILES string of the molecule is C=CCC1NCCC(CO)C1c1ccc(OC)cc1O. The number of benzene rings is 1. The standard InChI is InChI=1S/C16H23NO3/c1-3-4-14-16(11(10-18)7-8-17-14)13-6-5-12(20-2)9-15(13)19/h3,5-6,9,11,14,16-19H,1,4,7-8,10H2,2H3. The summed E-state index contributed by atoms with van der Waals surface area (Å²) in [6.45, 7) is 4.82. The highest BCUT2D eigenvalue weighted by Gasteiger charge is 2.34. The predicted octanol–water partition coefficient (Wildman–Crippen LogP) is 2.03. The van der Waals surface area contributed by atoms with E-state index < -0.39 is 0 Å². The Morgan fingerprint density at radius 3 is 2.90 bits per heavy atom. The van der Waals surface area contributed by atoms with Gasteiger partial charge < -0.3 is 20.3 Å².